The van der Waals surface area contributed by atoms with Gasteiger partial charge in [0.1, 0.15) is 0 Å². The van der Waals surface area contributed by atoms with Gasteiger partial charge in [0.05, 0.1) is 24.8 Å². The van der Waals surface area contributed by atoms with E-state index in [1.807, 2.05) is 25.1 Å². The molecule has 148 valence electrons. The largest absolute Gasteiger partial charge is 0.409 e. The van der Waals surface area contributed by atoms with Crippen LogP contribution in [0.1, 0.15) is 17.5 Å². The molecular weight excluding hydrogens is 386 g/mol. The number of aromatic nitrogens is 2. The molecule has 0 aliphatic carbocycles. The molecule has 1 aliphatic heterocycles. The van der Waals surface area contributed by atoms with Gasteiger partial charge in [0.2, 0.25) is 5.89 Å². The van der Waals surface area contributed by atoms with E-state index in [0.717, 1.165) is 11.1 Å². The van der Waals surface area contributed by atoms with Crippen LogP contribution >= 0.6 is 12.2 Å². The summed E-state index contributed by atoms with van der Waals surface area (Å²) in [5.74, 6) is 0.847. The summed E-state index contributed by atoms with van der Waals surface area (Å²) in [6.07, 6.45) is 0.612. The Labute approximate surface area is 164 Å². The Morgan fingerprint density at radius 3 is 2.78 bits per heavy atom. The molecular formula is C18H25N3O4S2. The Morgan fingerprint density at radius 1 is 1.37 bits per heavy atom. The average Bonchev–Trinajstić information content (AvgIpc) is 3.16. The molecule has 0 unspecified atom stereocenters. The number of ether oxygens (including phenoxy) is 1. The summed E-state index contributed by atoms with van der Waals surface area (Å²) in [7, 11) is -1.35. The second kappa shape index (κ2) is 8.22. The highest BCUT2D eigenvalue weighted by Gasteiger charge is 2.32. The van der Waals surface area contributed by atoms with Crippen LogP contribution in [0.5, 0.6) is 0 Å². The van der Waals surface area contributed by atoms with E-state index >= 15 is 0 Å². The minimum Gasteiger partial charge on any atom is -0.409 e. The minimum atomic E-state index is -2.98. The summed E-state index contributed by atoms with van der Waals surface area (Å²) in [4.78, 5) is 2.32. The molecule has 0 saturated carbocycles. The van der Waals surface area contributed by atoms with E-state index in [-0.39, 0.29) is 22.4 Å². The van der Waals surface area contributed by atoms with Crippen LogP contribution < -0.4 is 0 Å². The van der Waals surface area contributed by atoms with Crippen molar-refractivity contribution in [2.45, 2.75) is 33.0 Å². The molecule has 0 spiro atoms. The summed E-state index contributed by atoms with van der Waals surface area (Å²) in [5, 5.41) is 4.52. The highest BCUT2D eigenvalue weighted by atomic mass is 32.2. The van der Waals surface area contributed by atoms with Gasteiger partial charge in [-0.15, -0.1) is 5.10 Å². The fourth-order valence-corrected chi connectivity index (χ4v) is 5.14. The van der Waals surface area contributed by atoms with Crippen LogP contribution in [0.25, 0.3) is 11.5 Å². The van der Waals surface area contributed by atoms with Crippen molar-refractivity contribution in [1.29, 1.82) is 0 Å². The Kier molecular flexibility index (Phi) is 6.15. The van der Waals surface area contributed by atoms with Gasteiger partial charge in [-0.05, 0) is 55.7 Å². The molecule has 2 heterocycles. The van der Waals surface area contributed by atoms with Crippen molar-refractivity contribution in [1.82, 2.24) is 14.7 Å². The first-order valence-corrected chi connectivity index (χ1v) is 11.1. The van der Waals surface area contributed by atoms with Gasteiger partial charge in [-0.25, -0.2) is 13.1 Å². The van der Waals surface area contributed by atoms with Crippen molar-refractivity contribution in [3.05, 3.63) is 34.2 Å². The van der Waals surface area contributed by atoms with Crippen molar-refractivity contribution in [3.8, 4) is 11.5 Å². The van der Waals surface area contributed by atoms with Crippen LogP contribution in [0.4, 0.5) is 0 Å². The summed E-state index contributed by atoms with van der Waals surface area (Å²) in [5.41, 5.74) is 3.22. The van der Waals surface area contributed by atoms with Gasteiger partial charge < -0.3 is 9.15 Å². The minimum absolute atomic E-state index is 0.0613. The maximum absolute atomic E-state index is 11.9. The fourth-order valence-electron chi connectivity index (χ4n) is 3.20. The summed E-state index contributed by atoms with van der Waals surface area (Å²) >= 11 is 5.34. The lowest BCUT2D eigenvalue weighted by Crippen LogP contribution is -2.40. The lowest BCUT2D eigenvalue weighted by Gasteiger charge is -2.27. The molecule has 1 saturated heterocycles. The van der Waals surface area contributed by atoms with Crippen LogP contribution in [0, 0.1) is 18.7 Å². The molecule has 0 radical (unpaired) electrons. The number of hydrogen-bond donors (Lipinski definition) is 0. The van der Waals surface area contributed by atoms with Crippen molar-refractivity contribution in [2.75, 3.05) is 31.8 Å². The molecule has 1 aromatic heterocycles. The first-order chi connectivity index (χ1) is 12.8. The zero-order valence-corrected chi connectivity index (χ0v) is 17.5. The molecule has 1 aromatic carbocycles. The summed E-state index contributed by atoms with van der Waals surface area (Å²) < 4.78 is 36.2. The second-order valence-corrected chi connectivity index (χ2v) is 9.55. The number of sulfone groups is 1. The molecule has 0 bridgehead atoms. The van der Waals surface area contributed by atoms with E-state index in [4.69, 9.17) is 21.4 Å². The van der Waals surface area contributed by atoms with E-state index < -0.39 is 9.84 Å². The number of methoxy groups -OCH3 is 1. The Morgan fingerprint density at radius 2 is 2.15 bits per heavy atom. The first-order valence-electron chi connectivity index (χ1n) is 8.88. The van der Waals surface area contributed by atoms with Gasteiger partial charge in [-0.2, -0.15) is 0 Å². The zero-order chi connectivity index (χ0) is 19.6. The Hall–Kier alpha value is -1.55. The molecule has 2 aromatic rings. The number of nitrogens with zero attached hydrogens (tertiary/aromatic N) is 3. The molecule has 1 atom stereocenters. The van der Waals surface area contributed by atoms with Crippen LogP contribution in [-0.2, 0) is 21.2 Å². The van der Waals surface area contributed by atoms with Crippen LogP contribution in [0.3, 0.4) is 0 Å². The average molecular weight is 412 g/mol. The molecule has 9 heteroatoms. The lowest BCUT2D eigenvalue weighted by molar-refractivity contribution is 0.0973. The van der Waals surface area contributed by atoms with Gasteiger partial charge in [0.25, 0.3) is 4.84 Å². The third kappa shape index (κ3) is 4.84. The number of hydrogen-bond acceptors (Lipinski definition) is 7. The number of benzene rings is 1. The summed E-state index contributed by atoms with van der Waals surface area (Å²) in [6.45, 7) is 5.57. The maximum atomic E-state index is 11.9. The highest BCUT2D eigenvalue weighted by molar-refractivity contribution is 7.91. The van der Waals surface area contributed by atoms with E-state index in [1.165, 1.54) is 5.56 Å². The molecule has 7 nitrogen and oxygen atoms in total. The standard InChI is InChI=1S/C18H25N3O4S2/c1-13-4-5-15(10-14(13)2)17-19-21(18(26)25-17)12-20(7-8-24-3)16-6-9-27(22,23)11-16/h4-5,10,16H,6-9,11-12H2,1-3H3/t16-/m0/s1. The van der Waals surface area contributed by atoms with E-state index in [0.29, 0.717) is 32.1 Å². The predicted octanol–water partition coefficient (Wildman–Crippen LogP) is 2.58. The SMILES string of the molecule is COCCN(Cn1nc(-c2ccc(C)c(C)c2)oc1=S)[C@H]1CCS(=O)(=O)C1. The lowest BCUT2D eigenvalue weighted by atomic mass is 10.1. The van der Waals surface area contributed by atoms with Crippen molar-refractivity contribution in [3.63, 3.8) is 0 Å². The van der Waals surface area contributed by atoms with E-state index in [9.17, 15) is 8.42 Å². The van der Waals surface area contributed by atoms with Crippen LogP contribution in [-0.4, -0.2) is 60.9 Å². The molecule has 3 rings (SSSR count). The smallest absolute Gasteiger partial charge is 0.288 e. The summed E-state index contributed by atoms with van der Waals surface area (Å²) in [6, 6.07) is 5.94. The van der Waals surface area contributed by atoms with E-state index in [1.54, 1.807) is 11.8 Å². The van der Waals surface area contributed by atoms with E-state index in [2.05, 4.69) is 16.9 Å². The topological polar surface area (TPSA) is 77.6 Å². The Bertz CT molecular complexity index is 965. The predicted molar refractivity (Wildman–Crippen MR) is 106 cm³/mol. The highest BCUT2D eigenvalue weighted by Crippen LogP contribution is 2.22. The van der Waals surface area contributed by atoms with Crippen molar-refractivity contribution >= 4 is 22.1 Å². The second-order valence-electron chi connectivity index (χ2n) is 6.98. The monoisotopic (exact) mass is 411 g/mol. The molecule has 1 aliphatic rings. The molecule has 0 amide bonds. The Balaban J connectivity index is 1.82. The fraction of sp³-hybridized carbons (Fsp3) is 0.556. The molecule has 0 N–H and O–H groups in total. The first kappa shape index (κ1) is 20.2. The maximum Gasteiger partial charge on any atom is 0.288 e. The van der Waals surface area contributed by atoms with Gasteiger partial charge in [-0.1, -0.05) is 6.07 Å². The third-order valence-corrected chi connectivity index (χ3v) is 7.03. The van der Waals surface area contributed by atoms with Crippen LogP contribution in [0.15, 0.2) is 22.6 Å². The third-order valence-electron chi connectivity index (χ3n) is 4.98. The number of rotatable bonds is 7. The van der Waals surface area contributed by atoms with Gasteiger partial charge >= 0.3 is 0 Å². The zero-order valence-electron chi connectivity index (χ0n) is 15.8. The quantitative estimate of drug-likeness (QED) is 0.648. The van der Waals surface area contributed by atoms with Gasteiger partial charge in [0, 0.05) is 25.3 Å². The van der Waals surface area contributed by atoms with Gasteiger partial charge in [0.15, 0.2) is 9.84 Å². The van der Waals surface area contributed by atoms with Gasteiger partial charge in [-0.3, -0.25) is 4.90 Å². The molecule has 27 heavy (non-hydrogen) atoms. The molecule has 1 fully saturated rings. The number of aryl methyl sites for hydroxylation is 2. The normalized spacial score (nSPS) is 19.0. The van der Waals surface area contributed by atoms with Crippen LogP contribution in [0.2, 0.25) is 0 Å². The van der Waals surface area contributed by atoms with Crippen molar-refractivity contribution in [2.24, 2.45) is 0 Å². The van der Waals surface area contributed by atoms with Crippen molar-refractivity contribution < 1.29 is 17.6 Å².